The fourth-order valence-electron chi connectivity index (χ4n) is 1.63. The summed E-state index contributed by atoms with van der Waals surface area (Å²) in [5.41, 5.74) is 1.25. The SMILES string of the molecule is CCc1ccc(OC(C)C(=O)NCCCOC)cc1. The van der Waals surface area contributed by atoms with Gasteiger partial charge in [-0.3, -0.25) is 4.79 Å². The van der Waals surface area contributed by atoms with Crippen LogP contribution in [0, 0.1) is 0 Å². The van der Waals surface area contributed by atoms with Crippen LogP contribution in [-0.4, -0.2) is 32.3 Å². The van der Waals surface area contributed by atoms with Gasteiger partial charge >= 0.3 is 0 Å². The van der Waals surface area contributed by atoms with Crippen molar-refractivity contribution in [3.05, 3.63) is 29.8 Å². The third-order valence-corrected chi connectivity index (χ3v) is 2.84. The number of methoxy groups -OCH3 is 1. The van der Waals surface area contributed by atoms with E-state index in [0.29, 0.717) is 13.2 Å². The molecule has 0 aliphatic carbocycles. The van der Waals surface area contributed by atoms with Crippen molar-refractivity contribution in [2.45, 2.75) is 32.8 Å². The van der Waals surface area contributed by atoms with Gasteiger partial charge in [0.15, 0.2) is 6.10 Å². The van der Waals surface area contributed by atoms with Crippen LogP contribution < -0.4 is 10.1 Å². The molecule has 106 valence electrons. The highest BCUT2D eigenvalue weighted by molar-refractivity contribution is 5.80. The second kappa shape index (κ2) is 8.53. The van der Waals surface area contributed by atoms with Crippen LogP contribution in [0.4, 0.5) is 0 Å². The summed E-state index contributed by atoms with van der Waals surface area (Å²) in [6, 6.07) is 7.82. The summed E-state index contributed by atoms with van der Waals surface area (Å²) < 4.78 is 10.5. The maximum absolute atomic E-state index is 11.8. The molecule has 0 aromatic heterocycles. The summed E-state index contributed by atoms with van der Waals surface area (Å²) in [7, 11) is 1.65. The van der Waals surface area contributed by atoms with Crippen LogP contribution in [0.1, 0.15) is 25.8 Å². The second-order valence-corrected chi connectivity index (χ2v) is 4.39. The van der Waals surface area contributed by atoms with Crippen molar-refractivity contribution in [1.82, 2.24) is 5.32 Å². The molecule has 1 aromatic carbocycles. The summed E-state index contributed by atoms with van der Waals surface area (Å²) in [4.78, 5) is 11.8. The zero-order valence-electron chi connectivity index (χ0n) is 11.9. The molecular weight excluding hydrogens is 242 g/mol. The fraction of sp³-hybridized carbons (Fsp3) is 0.533. The van der Waals surface area contributed by atoms with Crippen LogP contribution in [-0.2, 0) is 16.0 Å². The maximum atomic E-state index is 11.8. The van der Waals surface area contributed by atoms with Crippen molar-refractivity contribution in [3.63, 3.8) is 0 Å². The lowest BCUT2D eigenvalue weighted by atomic mass is 10.2. The van der Waals surface area contributed by atoms with E-state index in [0.717, 1.165) is 18.6 Å². The van der Waals surface area contributed by atoms with Gasteiger partial charge < -0.3 is 14.8 Å². The number of amides is 1. The molecule has 0 aliphatic rings. The lowest BCUT2D eigenvalue weighted by molar-refractivity contribution is -0.127. The Kier molecular flexibility index (Phi) is 6.97. The van der Waals surface area contributed by atoms with Crippen molar-refractivity contribution in [1.29, 1.82) is 0 Å². The molecule has 0 bridgehead atoms. The molecule has 1 atom stereocenters. The van der Waals surface area contributed by atoms with Gasteiger partial charge in [-0.15, -0.1) is 0 Å². The molecule has 0 saturated carbocycles. The van der Waals surface area contributed by atoms with Gasteiger partial charge in [0.25, 0.3) is 5.91 Å². The Morgan fingerprint density at radius 1 is 1.32 bits per heavy atom. The van der Waals surface area contributed by atoms with E-state index in [1.807, 2.05) is 24.3 Å². The first-order chi connectivity index (χ1) is 9.17. The predicted molar refractivity (Wildman–Crippen MR) is 75.4 cm³/mol. The molecular formula is C15H23NO3. The van der Waals surface area contributed by atoms with Crippen molar-refractivity contribution in [2.24, 2.45) is 0 Å². The average molecular weight is 265 g/mol. The van der Waals surface area contributed by atoms with Crippen LogP contribution in [0.2, 0.25) is 0 Å². The molecule has 1 aromatic rings. The van der Waals surface area contributed by atoms with Crippen LogP contribution >= 0.6 is 0 Å². The molecule has 0 spiro atoms. The maximum Gasteiger partial charge on any atom is 0.260 e. The molecule has 1 rings (SSSR count). The van der Waals surface area contributed by atoms with E-state index in [1.54, 1.807) is 14.0 Å². The Morgan fingerprint density at radius 2 is 2.00 bits per heavy atom. The van der Waals surface area contributed by atoms with E-state index in [-0.39, 0.29) is 5.91 Å². The standard InChI is InChI=1S/C15H23NO3/c1-4-13-6-8-14(9-7-13)19-12(2)15(17)16-10-5-11-18-3/h6-9,12H,4-5,10-11H2,1-3H3,(H,16,17). The molecule has 4 nitrogen and oxygen atoms in total. The van der Waals surface area contributed by atoms with Crippen LogP contribution in [0.15, 0.2) is 24.3 Å². The first-order valence-corrected chi connectivity index (χ1v) is 6.69. The summed E-state index contributed by atoms with van der Waals surface area (Å²) in [5, 5.41) is 2.82. The Balaban J connectivity index is 2.35. The molecule has 1 unspecified atom stereocenters. The molecule has 0 heterocycles. The first kappa shape index (κ1) is 15.5. The normalized spacial score (nSPS) is 11.9. The quantitative estimate of drug-likeness (QED) is 0.733. The second-order valence-electron chi connectivity index (χ2n) is 4.39. The smallest absolute Gasteiger partial charge is 0.260 e. The minimum Gasteiger partial charge on any atom is -0.481 e. The van der Waals surface area contributed by atoms with Crippen LogP contribution in [0.25, 0.3) is 0 Å². The summed E-state index contributed by atoms with van der Waals surface area (Å²) in [6.07, 6.45) is 1.31. The van der Waals surface area contributed by atoms with E-state index < -0.39 is 6.10 Å². The average Bonchev–Trinajstić information content (AvgIpc) is 2.44. The van der Waals surface area contributed by atoms with Crippen molar-refractivity contribution >= 4 is 5.91 Å². The van der Waals surface area contributed by atoms with E-state index >= 15 is 0 Å². The molecule has 0 aliphatic heterocycles. The van der Waals surface area contributed by atoms with Crippen LogP contribution in [0.3, 0.4) is 0 Å². The Hall–Kier alpha value is -1.55. The summed E-state index contributed by atoms with van der Waals surface area (Å²) >= 11 is 0. The monoisotopic (exact) mass is 265 g/mol. The molecule has 0 saturated heterocycles. The number of rotatable bonds is 8. The van der Waals surface area contributed by atoms with Gasteiger partial charge in [-0.2, -0.15) is 0 Å². The molecule has 19 heavy (non-hydrogen) atoms. The van der Waals surface area contributed by atoms with Gasteiger partial charge in [-0.25, -0.2) is 0 Å². The Labute approximate surface area is 115 Å². The number of ether oxygens (including phenoxy) is 2. The molecule has 0 fully saturated rings. The van der Waals surface area contributed by atoms with E-state index in [2.05, 4.69) is 12.2 Å². The van der Waals surface area contributed by atoms with Gasteiger partial charge in [0.1, 0.15) is 5.75 Å². The molecule has 0 radical (unpaired) electrons. The fourth-order valence-corrected chi connectivity index (χ4v) is 1.63. The number of carbonyl (C=O) groups is 1. The third kappa shape index (κ3) is 5.75. The predicted octanol–water partition coefficient (Wildman–Crippen LogP) is 2.17. The lowest BCUT2D eigenvalue weighted by Crippen LogP contribution is -2.37. The largest absolute Gasteiger partial charge is 0.481 e. The minimum absolute atomic E-state index is 0.101. The number of hydrogen-bond donors (Lipinski definition) is 1. The number of hydrogen-bond acceptors (Lipinski definition) is 3. The lowest BCUT2D eigenvalue weighted by Gasteiger charge is -2.14. The van der Waals surface area contributed by atoms with Crippen molar-refractivity contribution < 1.29 is 14.3 Å². The number of aryl methyl sites for hydroxylation is 1. The van der Waals surface area contributed by atoms with E-state index in [9.17, 15) is 4.79 Å². The first-order valence-electron chi connectivity index (χ1n) is 6.69. The van der Waals surface area contributed by atoms with Crippen LogP contribution in [0.5, 0.6) is 5.75 Å². The number of carbonyl (C=O) groups excluding carboxylic acids is 1. The minimum atomic E-state index is -0.491. The molecule has 4 heteroatoms. The number of benzene rings is 1. The van der Waals surface area contributed by atoms with Gasteiger partial charge in [0.2, 0.25) is 0 Å². The van der Waals surface area contributed by atoms with E-state index in [1.165, 1.54) is 5.56 Å². The molecule has 1 amide bonds. The highest BCUT2D eigenvalue weighted by Gasteiger charge is 2.13. The van der Waals surface area contributed by atoms with Gasteiger partial charge in [0, 0.05) is 20.3 Å². The number of nitrogens with one attached hydrogen (secondary N) is 1. The van der Waals surface area contributed by atoms with Gasteiger partial charge in [-0.1, -0.05) is 19.1 Å². The van der Waals surface area contributed by atoms with E-state index in [4.69, 9.17) is 9.47 Å². The summed E-state index contributed by atoms with van der Waals surface area (Å²) in [5.74, 6) is 0.618. The zero-order valence-corrected chi connectivity index (χ0v) is 11.9. The topological polar surface area (TPSA) is 47.6 Å². The zero-order chi connectivity index (χ0) is 14.1. The third-order valence-electron chi connectivity index (χ3n) is 2.84. The highest BCUT2D eigenvalue weighted by Crippen LogP contribution is 2.14. The highest BCUT2D eigenvalue weighted by atomic mass is 16.5. The van der Waals surface area contributed by atoms with Gasteiger partial charge in [0.05, 0.1) is 0 Å². The Bertz CT molecular complexity index is 375. The Morgan fingerprint density at radius 3 is 2.58 bits per heavy atom. The summed E-state index contributed by atoms with van der Waals surface area (Å²) in [6.45, 7) is 5.11. The van der Waals surface area contributed by atoms with Gasteiger partial charge in [-0.05, 0) is 37.5 Å². The molecule has 1 N–H and O–H groups in total. The van der Waals surface area contributed by atoms with Crippen molar-refractivity contribution in [2.75, 3.05) is 20.3 Å². The van der Waals surface area contributed by atoms with Crippen molar-refractivity contribution in [3.8, 4) is 5.75 Å².